The van der Waals surface area contributed by atoms with E-state index in [0.717, 1.165) is 5.65 Å². The van der Waals surface area contributed by atoms with E-state index in [4.69, 9.17) is 4.74 Å². The van der Waals surface area contributed by atoms with Gasteiger partial charge in [-0.05, 0) is 22.9 Å². The number of fused-ring (bicyclic) bond motifs is 1. The van der Waals surface area contributed by atoms with Gasteiger partial charge in [-0.3, -0.25) is 0 Å². The minimum Gasteiger partial charge on any atom is -0.479 e. The monoisotopic (exact) mass is 256 g/mol. The summed E-state index contributed by atoms with van der Waals surface area (Å²) in [4.78, 5) is 12.7. The quantitative estimate of drug-likeness (QED) is 0.725. The molecule has 0 radical (unpaired) electrons. The molecule has 14 heavy (non-hydrogen) atoms. The predicted octanol–water partition coefficient (Wildman–Crippen LogP) is 1.44. The van der Waals surface area contributed by atoms with Gasteiger partial charge < -0.3 is 9.30 Å². The second-order valence-electron chi connectivity index (χ2n) is 2.89. The maximum absolute atomic E-state index is 5.13. The van der Waals surface area contributed by atoms with Gasteiger partial charge in [0.05, 0.1) is 7.11 Å². The van der Waals surface area contributed by atoms with E-state index in [0.29, 0.717) is 22.0 Å². The lowest BCUT2D eigenvalue weighted by Crippen LogP contribution is -1.97. The molecule has 0 N–H and O–H groups in total. The summed E-state index contributed by atoms with van der Waals surface area (Å²) in [5, 5.41) is 0. The number of hydrogen-bond donors (Lipinski definition) is 0. The van der Waals surface area contributed by atoms with Crippen LogP contribution in [-0.4, -0.2) is 26.6 Å². The standard InChI is InChI=1S/C8H9BrN4O/c1-4-10-6-5(7(11-4)14-3)12-8(9)13(6)2/h1-3H3. The van der Waals surface area contributed by atoms with E-state index in [9.17, 15) is 0 Å². The first-order chi connectivity index (χ1) is 6.63. The van der Waals surface area contributed by atoms with Crippen LogP contribution in [0.1, 0.15) is 5.82 Å². The molecule has 6 heteroatoms. The van der Waals surface area contributed by atoms with Crippen LogP contribution in [0.15, 0.2) is 4.73 Å². The van der Waals surface area contributed by atoms with Crippen molar-refractivity contribution in [1.82, 2.24) is 19.5 Å². The Bertz CT molecular complexity index is 494. The fourth-order valence-electron chi connectivity index (χ4n) is 1.26. The molecular weight excluding hydrogens is 248 g/mol. The van der Waals surface area contributed by atoms with Crippen LogP contribution in [0.4, 0.5) is 0 Å². The van der Waals surface area contributed by atoms with E-state index >= 15 is 0 Å². The Labute approximate surface area is 89.3 Å². The number of nitrogens with zero attached hydrogens (tertiary/aromatic N) is 4. The van der Waals surface area contributed by atoms with Gasteiger partial charge in [0.1, 0.15) is 5.82 Å². The molecule has 2 aromatic rings. The molecule has 5 nitrogen and oxygen atoms in total. The number of aryl methyl sites for hydroxylation is 2. The zero-order chi connectivity index (χ0) is 10.3. The number of hydrogen-bond acceptors (Lipinski definition) is 4. The molecule has 0 aliphatic carbocycles. The number of aromatic nitrogens is 4. The molecule has 74 valence electrons. The maximum Gasteiger partial charge on any atom is 0.245 e. The Hall–Kier alpha value is -1.17. The van der Waals surface area contributed by atoms with Crippen molar-refractivity contribution < 1.29 is 4.74 Å². The van der Waals surface area contributed by atoms with E-state index < -0.39 is 0 Å². The molecular formula is C8H9BrN4O. The van der Waals surface area contributed by atoms with Crippen molar-refractivity contribution in [2.75, 3.05) is 7.11 Å². The molecule has 0 aromatic carbocycles. The topological polar surface area (TPSA) is 52.8 Å². The van der Waals surface area contributed by atoms with Crippen molar-refractivity contribution in [2.24, 2.45) is 7.05 Å². The number of ether oxygens (including phenoxy) is 1. The Morgan fingerprint density at radius 1 is 1.29 bits per heavy atom. The summed E-state index contributed by atoms with van der Waals surface area (Å²) in [5.74, 6) is 1.18. The highest BCUT2D eigenvalue weighted by molar-refractivity contribution is 9.10. The van der Waals surface area contributed by atoms with Gasteiger partial charge in [-0.15, -0.1) is 0 Å². The van der Waals surface area contributed by atoms with Gasteiger partial charge in [-0.2, -0.15) is 4.98 Å². The van der Waals surface area contributed by atoms with E-state index in [1.54, 1.807) is 7.11 Å². The number of rotatable bonds is 1. The molecule has 0 amide bonds. The maximum atomic E-state index is 5.13. The summed E-state index contributed by atoms with van der Waals surface area (Å²) in [6.45, 7) is 1.82. The first-order valence-electron chi connectivity index (χ1n) is 4.04. The molecule has 2 aromatic heterocycles. The molecule has 0 aliphatic rings. The van der Waals surface area contributed by atoms with E-state index in [-0.39, 0.29) is 0 Å². The smallest absolute Gasteiger partial charge is 0.245 e. The van der Waals surface area contributed by atoms with E-state index in [2.05, 4.69) is 30.9 Å². The minimum absolute atomic E-state index is 0.508. The zero-order valence-corrected chi connectivity index (χ0v) is 9.66. The molecule has 0 atom stereocenters. The van der Waals surface area contributed by atoms with E-state index in [1.165, 1.54) is 0 Å². The Balaban J connectivity index is 2.87. The minimum atomic E-state index is 0.508. The van der Waals surface area contributed by atoms with Gasteiger partial charge >= 0.3 is 0 Å². The lowest BCUT2D eigenvalue weighted by atomic mass is 10.5. The molecule has 0 saturated heterocycles. The van der Waals surface area contributed by atoms with Crippen LogP contribution in [-0.2, 0) is 7.05 Å². The number of methoxy groups -OCH3 is 1. The molecule has 0 saturated carbocycles. The van der Waals surface area contributed by atoms with Crippen LogP contribution >= 0.6 is 15.9 Å². The lowest BCUT2D eigenvalue weighted by molar-refractivity contribution is 0.400. The average molecular weight is 257 g/mol. The van der Waals surface area contributed by atoms with Gasteiger partial charge in [-0.1, -0.05) is 0 Å². The van der Waals surface area contributed by atoms with Gasteiger partial charge in [0.25, 0.3) is 0 Å². The van der Waals surface area contributed by atoms with Crippen LogP contribution < -0.4 is 4.74 Å². The molecule has 2 heterocycles. The van der Waals surface area contributed by atoms with E-state index in [1.807, 2.05) is 18.5 Å². The number of halogens is 1. The summed E-state index contributed by atoms with van der Waals surface area (Å²) in [5.41, 5.74) is 1.44. The lowest BCUT2D eigenvalue weighted by Gasteiger charge is -2.00. The third kappa shape index (κ3) is 1.26. The summed E-state index contributed by atoms with van der Waals surface area (Å²) in [6, 6.07) is 0. The van der Waals surface area contributed by atoms with Gasteiger partial charge in [0.2, 0.25) is 5.88 Å². The highest BCUT2D eigenvalue weighted by Crippen LogP contribution is 2.23. The SMILES string of the molecule is COc1nc(C)nc2c1nc(Br)n2C. The Morgan fingerprint density at radius 3 is 2.64 bits per heavy atom. The second-order valence-corrected chi connectivity index (χ2v) is 3.60. The second kappa shape index (κ2) is 3.20. The zero-order valence-electron chi connectivity index (χ0n) is 8.08. The van der Waals surface area contributed by atoms with Gasteiger partial charge in [0, 0.05) is 7.05 Å². The first-order valence-corrected chi connectivity index (χ1v) is 4.83. The molecule has 0 fully saturated rings. The Kier molecular flexibility index (Phi) is 2.14. The van der Waals surface area contributed by atoms with Crippen molar-refractivity contribution in [3.63, 3.8) is 0 Å². The third-order valence-electron chi connectivity index (χ3n) is 1.94. The van der Waals surface area contributed by atoms with Crippen LogP contribution in [0.2, 0.25) is 0 Å². The molecule has 0 bridgehead atoms. The summed E-state index contributed by atoms with van der Waals surface area (Å²) >= 11 is 3.32. The van der Waals surface area contributed by atoms with Gasteiger partial charge in [0.15, 0.2) is 15.9 Å². The predicted molar refractivity (Wildman–Crippen MR) is 55.3 cm³/mol. The highest BCUT2D eigenvalue weighted by Gasteiger charge is 2.13. The molecule has 0 unspecified atom stereocenters. The van der Waals surface area contributed by atoms with Crippen LogP contribution in [0.5, 0.6) is 5.88 Å². The highest BCUT2D eigenvalue weighted by atomic mass is 79.9. The number of imidazole rings is 1. The van der Waals surface area contributed by atoms with Crippen LogP contribution in [0.25, 0.3) is 11.2 Å². The van der Waals surface area contributed by atoms with Crippen molar-refractivity contribution in [1.29, 1.82) is 0 Å². The van der Waals surface area contributed by atoms with Crippen molar-refractivity contribution in [2.45, 2.75) is 6.92 Å². The normalized spacial score (nSPS) is 10.9. The first kappa shape index (κ1) is 9.39. The Morgan fingerprint density at radius 2 is 2.00 bits per heavy atom. The molecule has 2 rings (SSSR count). The third-order valence-corrected chi connectivity index (χ3v) is 2.65. The summed E-state index contributed by atoms with van der Waals surface area (Å²) in [6.07, 6.45) is 0. The van der Waals surface area contributed by atoms with Crippen molar-refractivity contribution in [3.05, 3.63) is 10.6 Å². The van der Waals surface area contributed by atoms with Gasteiger partial charge in [-0.25, -0.2) is 9.97 Å². The summed E-state index contributed by atoms with van der Waals surface area (Å²) < 4.78 is 7.68. The van der Waals surface area contributed by atoms with Crippen LogP contribution in [0, 0.1) is 6.92 Å². The largest absolute Gasteiger partial charge is 0.479 e. The molecule has 0 spiro atoms. The summed E-state index contributed by atoms with van der Waals surface area (Å²) in [7, 11) is 3.45. The molecule has 0 aliphatic heterocycles. The van der Waals surface area contributed by atoms with Crippen molar-refractivity contribution >= 4 is 27.1 Å². The van der Waals surface area contributed by atoms with Crippen LogP contribution in [0.3, 0.4) is 0 Å². The van der Waals surface area contributed by atoms with Crippen molar-refractivity contribution in [3.8, 4) is 5.88 Å². The fraction of sp³-hybridized carbons (Fsp3) is 0.375. The average Bonchev–Trinajstić information content (AvgIpc) is 2.43. The fourth-order valence-corrected chi connectivity index (χ4v) is 1.60.